The molecule has 8 heteroatoms. The van der Waals surface area contributed by atoms with Gasteiger partial charge in [-0.1, -0.05) is 58.0 Å². The Bertz CT molecular complexity index is 690. The zero-order chi connectivity index (χ0) is 15.0. The fraction of sp³-hybridized carbons (Fsp3) is 0. The van der Waals surface area contributed by atoms with Crippen LogP contribution in [0.1, 0.15) is 10.5 Å². The standard InChI is InChI=1S/C12H3Cl5FNO/c13-8-7(9(14)11(16)12(17)10(8)15)5-1-4(18)2-19-6(5)3-20/h1-3H. The van der Waals surface area contributed by atoms with Gasteiger partial charge in [0.15, 0.2) is 6.29 Å². The zero-order valence-corrected chi connectivity index (χ0v) is 13.1. The van der Waals surface area contributed by atoms with Crippen molar-refractivity contribution in [2.45, 2.75) is 0 Å². The summed E-state index contributed by atoms with van der Waals surface area (Å²) in [5.74, 6) is -0.667. The Balaban J connectivity index is 2.90. The smallest absolute Gasteiger partial charge is 0.169 e. The van der Waals surface area contributed by atoms with Gasteiger partial charge in [-0.3, -0.25) is 4.79 Å². The molecule has 20 heavy (non-hydrogen) atoms. The first kappa shape index (κ1) is 15.8. The Hall–Kier alpha value is -0.580. The molecule has 0 spiro atoms. The van der Waals surface area contributed by atoms with Gasteiger partial charge in [-0.15, -0.1) is 0 Å². The summed E-state index contributed by atoms with van der Waals surface area (Å²) in [4.78, 5) is 14.7. The van der Waals surface area contributed by atoms with E-state index in [0.717, 1.165) is 12.3 Å². The Labute approximate surface area is 138 Å². The maximum atomic E-state index is 13.4. The third-order valence-electron chi connectivity index (χ3n) is 2.48. The lowest BCUT2D eigenvalue weighted by Gasteiger charge is -2.13. The average Bonchev–Trinajstić information content (AvgIpc) is 2.43. The van der Waals surface area contributed by atoms with E-state index in [2.05, 4.69) is 4.98 Å². The molecule has 1 aromatic carbocycles. The van der Waals surface area contributed by atoms with E-state index in [1.807, 2.05) is 0 Å². The van der Waals surface area contributed by atoms with Gasteiger partial charge in [-0.05, 0) is 6.07 Å². The van der Waals surface area contributed by atoms with E-state index in [9.17, 15) is 9.18 Å². The Morgan fingerprint density at radius 3 is 1.95 bits per heavy atom. The van der Waals surface area contributed by atoms with Crippen molar-refractivity contribution in [3.05, 3.63) is 48.9 Å². The van der Waals surface area contributed by atoms with Gasteiger partial charge in [0.1, 0.15) is 11.5 Å². The average molecular weight is 373 g/mol. The molecule has 0 fully saturated rings. The second kappa shape index (κ2) is 6.04. The van der Waals surface area contributed by atoms with Crippen LogP contribution in [0.5, 0.6) is 0 Å². The first-order valence-electron chi connectivity index (χ1n) is 5.01. The van der Waals surface area contributed by atoms with Crippen molar-refractivity contribution >= 4 is 64.3 Å². The molecule has 0 N–H and O–H groups in total. The van der Waals surface area contributed by atoms with Crippen LogP contribution in [-0.2, 0) is 0 Å². The third kappa shape index (κ3) is 2.61. The molecule has 0 saturated carbocycles. The van der Waals surface area contributed by atoms with E-state index < -0.39 is 5.82 Å². The molecule has 2 aromatic rings. The number of benzene rings is 1. The topological polar surface area (TPSA) is 30.0 Å². The van der Waals surface area contributed by atoms with Crippen molar-refractivity contribution in [1.29, 1.82) is 0 Å². The lowest BCUT2D eigenvalue weighted by Crippen LogP contribution is -1.96. The van der Waals surface area contributed by atoms with Crippen molar-refractivity contribution in [3.63, 3.8) is 0 Å². The van der Waals surface area contributed by atoms with Crippen LogP contribution in [0.15, 0.2) is 12.3 Å². The molecule has 0 aliphatic heterocycles. The van der Waals surface area contributed by atoms with E-state index in [1.54, 1.807) is 0 Å². The number of hydrogen-bond acceptors (Lipinski definition) is 2. The summed E-state index contributed by atoms with van der Waals surface area (Å²) < 4.78 is 13.4. The lowest BCUT2D eigenvalue weighted by atomic mass is 10.0. The van der Waals surface area contributed by atoms with Crippen molar-refractivity contribution < 1.29 is 9.18 Å². The summed E-state index contributed by atoms with van der Waals surface area (Å²) in [7, 11) is 0. The molecule has 0 aliphatic carbocycles. The maximum Gasteiger partial charge on any atom is 0.169 e. The van der Waals surface area contributed by atoms with E-state index >= 15 is 0 Å². The van der Waals surface area contributed by atoms with Gasteiger partial charge < -0.3 is 0 Å². The highest BCUT2D eigenvalue weighted by atomic mass is 35.5. The summed E-state index contributed by atoms with van der Waals surface area (Å²) in [5, 5.41) is -0.190. The van der Waals surface area contributed by atoms with Gasteiger partial charge in [0.25, 0.3) is 0 Å². The Morgan fingerprint density at radius 2 is 1.45 bits per heavy atom. The van der Waals surface area contributed by atoms with Gasteiger partial charge in [-0.25, -0.2) is 9.37 Å². The second-order valence-electron chi connectivity index (χ2n) is 3.65. The highest BCUT2D eigenvalue weighted by Gasteiger charge is 2.22. The molecule has 0 bridgehead atoms. The third-order valence-corrected chi connectivity index (χ3v) is 4.75. The second-order valence-corrected chi connectivity index (χ2v) is 5.54. The van der Waals surface area contributed by atoms with Gasteiger partial charge in [0.05, 0.1) is 31.3 Å². The van der Waals surface area contributed by atoms with Crippen molar-refractivity contribution in [1.82, 2.24) is 4.98 Å². The molecule has 0 aliphatic rings. The van der Waals surface area contributed by atoms with Crippen LogP contribution < -0.4 is 0 Å². The number of carbonyl (C=O) groups excluding carboxylic acids is 1. The Morgan fingerprint density at radius 1 is 0.950 bits per heavy atom. The predicted molar refractivity (Wildman–Crippen MR) is 80.1 cm³/mol. The van der Waals surface area contributed by atoms with Gasteiger partial charge >= 0.3 is 0 Å². The molecular weight excluding hydrogens is 370 g/mol. The number of rotatable bonds is 2. The summed E-state index contributed by atoms with van der Waals surface area (Å²) in [6.07, 6.45) is 1.34. The molecular formula is C12H3Cl5FNO. The van der Waals surface area contributed by atoms with E-state index in [4.69, 9.17) is 58.0 Å². The number of hydrogen-bond donors (Lipinski definition) is 0. The van der Waals surface area contributed by atoms with Crippen LogP contribution in [0, 0.1) is 5.82 Å². The SMILES string of the molecule is O=Cc1ncc(F)cc1-c1c(Cl)c(Cl)c(Cl)c(Cl)c1Cl. The number of carbonyl (C=O) groups is 1. The molecule has 1 heterocycles. The number of pyridine rings is 1. The van der Waals surface area contributed by atoms with Crippen LogP contribution in [0.3, 0.4) is 0 Å². The highest BCUT2D eigenvalue weighted by molar-refractivity contribution is 6.56. The van der Waals surface area contributed by atoms with Crippen molar-refractivity contribution in [2.75, 3.05) is 0 Å². The molecule has 0 amide bonds. The van der Waals surface area contributed by atoms with Crippen LogP contribution in [0.4, 0.5) is 4.39 Å². The lowest BCUT2D eigenvalue weighted by molar-refractivity contribution is 0.111. The first-order chi connectivity index (χ1) is 9.38. The quantitative estimate of drug-likeness (QED) is 0.369. The molecule has 104 valence electrons. The van der Waals surface area contributed by atoms with Crippen LogP contribution >= 0.6 is 58.0 Å². The van der Waals surface area contributed by atoms with Gasteiger partial charge in [-0.2, -0.15) is 0 Å². The fourth-order valence-corrected chi connectivity index (χ4v) is 2.93. The van der Waals surface area contributed by atoms with Crippen LogP contribution in [0.2, 0.25) is 25.1 Å². The predicted octanol–water partition coefficient (Wildman–Crippen LogP) is 5.97. The normalized spacial score (nSPS) is 10.7. The molecule has 0 saturated heterocycles. The van der Waals surface area contributed by atoms with Crippen LogP contribution in [0.25, 0.3) is 11.1 Å². The molecule has 0 atom stereocenters. The molecule has 0 unspecified atom stereocenters. The summed E-state index contributed by atoms with van der Waals surface area (Å²) >= 11 is 29.9. The number of aldehydes is 1. The minimum absolute atomic E-state index is 0.0240. The molecule has 2 nitrogen and oxygen atoms in total. The largest absolute Gasteiger partial charge is 0.296 e. The molecule has 1 aromatic heterocycles. The van der Waals surface area contributed by atoms with E-state index in [1.165, 1.54) is 0 Å². The van der Waals surface area contributed by atoms with Crippen molar-refractivity contribution in [2.24, 2.45) is 0 Å². The summed E-state index contributed by atoms with van der Waals surface area (Å²) in [5.41, 5.74) is 0.127. The Kier molecular flexibility index (Phi) is 4.77. The monoisotopic (exact) mass is 371 g/mol. The number of halogens is 6. The fourth-order valence-electron chi connectivity index (χ4n) is 1.59. The maximum absolute atomic E-state index is 13.4. The molecule has 0 radical (unpaired) electrons. The number of aromatic nitrogens is 1. The summed E-state index contributed by atoms with van der Waals surface area (Å²) in [6, 6.07) is 1.06. The van der Waals surface area contributed by atoms with Gasteiger partial charge in [0.2, 0.25) is 0 Å². The van der Waals surface area contributed by atoms with E-state index in [0.29, 0.717) is 6.29 Å². The minimum atomic E-state index is -0.667. The number of nitrogens with zero attached hydrogens (tertiary/aromatic N) is 1. The van der Waals surface area contributed by atoms with Crippen molar-refractivity contribution in [3.8, 4) is 11.1 Å². The van der Waals surface area contributed by atoms with E-state index in [-0.39, 0.29) is 41.9 Å². The zero-order valence-electron chi connectivity index (χ0n) is 9.36. The van der Waals surface area contributed by atoms with Crippen LogP contribution in [-0.4, -0.2) is 11.3 Å². The summed E-state index contributed by atoms with van der Waals surface area (Å²) in [6.45, 7) is 0. The highest BCUT2D eigenvalue weighted by Crippen LogP contribution is 2.48. The first-order valence-corrected chi connectivity index (χ1v) is 6.90. The molecule has 2 rings (SSSR count). The van der Waals surface area contributed by atoms with Gasteiger partial charge in [0, 0.05) is 11.1 Å². The minimum Gasteiger partial charge on any atom is -0.296 e.